The summed E-state index contributed by atoms with van der Waals surface area (Å²) in [6, 6.07) is 8.58. The molecule has 1 aromatic rings. The minimum atomic E-state index is -3.15. The third-order valence-electron chi connectivity index (χ3n) is 2.40. The molecule has 0 spiro atoms. The van der Waals surface area contributed by atoms with Gasteiger partial charge >= 0.3 is 0 Å². The van der Waals surface area contributed by atoms with Crippen molar-refractivity contribution < 1.29 is 8.42 Å². The van der Waals surface area contributed by atoms with Crippen molar-refractivity contribution in [2.75, 3.05) is 5.75 Å². The molecule has 0 atom stereocenters. The molecule has 0 saturated carbocycles. The highest BCUT2D eigenvalue weighted by atomic mass is 32.2. The molecule has 2 nitrogen and oxygen atoms in total. The van der Waals surface area contributed by atoms with E-state index in [2.05, 4.69) is 6.92 Å². The highest BCUT2D eigenvalue weighted by Crippen LogP contribution is 2.12. The average Bonchev–Trinajstić information content (AvgIpc) is 2.28. The monoisotopic (exact) mass is 238 g/mol. The molecule has 1 rings (SSSR count). The summed E-state index contributed by atoms with van der Waals surface area (Å²) in [5.74, 6) is 0.100. The lowest BCUT2D eigenvalue weighted by Crippen LogP contribution is -2.04. The van der Waals surface area contributed by atoms with E-state index in [9.17, 15) is 8.42 Å². The van der Waals surface area contributed by atoms with E-state index in [1.807, 2.05) is 19.1 Å². The second-order valence-electron chi connectivity index (χ2n) is 3.89. The van der Waals surface area contributed by atoms with Crippen molar-refractivity contribution in [3.05, 3.63) is 42.0 Å². The third kappa shape index (κ3) is 3.81. The van der Waals surface area contributed by atoms with Gasteiger partial charge in [0.05, 0.1) is 10.6 Å². The fourth-order valence-electron chi connectivity index (χ4n) is 1.47. The van der Waals surface area contributed by atoms with Crippen molar-refractivity contribution in [3.8, 4) is 0 Å². The minimum absolute atomic E-state index is 0.100. The van der Waals surface area contributed by atoms with Crippen molar-refractivity contribution in [3.63, 3.8) is 0 Å². The van der Waals surface area contributed by atoms with Crippen LogP contribution in [0.1, 0.15) is 26.7 Å². The predicted molar refractivity (Wildman–Crippen MR) is 67.2 cm³/mol. The Morgan fingerprint density at radius 2 is 1.88 bits per heavy atom. The number of hydrogen-bond donors (Lipinski definition) is 0. The number of hydrogen-bond acceptors (Lipinski definition) is 2. The Morgan fingerprint density at radius 3 is 2.44 bits per heavy atom. The Morgan fingerprint density at radius 1 is 1.25 bits per heavy atom. The van der Waals surface area contributed by atoms with Gasteiger partial charge in [0.1, 0.15) is 0 Å². The summed E-state index contributed by atoms with van der Waals surface area (Å²) >= 11 is 0. The summed E-state index contributed by atoms with van der Waals surface area (Å²) in [4.78, 5) is 0.399. The lowest BCUT2D eigenvalue weighted by molar-refractivity contribution is 0.599. The maximum atomic E-state index is 11.9. The second kappa shape index (κ2) is 5.85. The summed E-state index contributed by atoms with van der Waals surface area (Å²) in [7, 11) is -3.15. The maximum Gasteiger partial charge on any atom is 0.181 e. The standard InChI is InChI=1S/C13H18O2S/c1-3-7-12(2)10-11-16(14,15)13-8-5-4-6-9-13/h4-6,8-10H,3,7,11H2,1-2H3. The largest absolute Gasteiger partial charge is 0.223 e. The highest BCUT2D eigenvalue weighted by Gasteiger charge is 2.11. The third-order valence-corrected chi connectivity index (χ3v) is 3.99. The van der Waals surface area contributed by atoms with Crippen LogP contribution in [0, 0.1) is 0 Å². The SMILES string of the molecule is CCCC(C)=CCS(=O)(=O)c1ccccc1. The minimum Gasteiger partial charge on any atom is -0.223 e. The molecule has 1 aromatic carbocycles. The van der Waals surface area contributed by atoms with Crippen molar-refractivity contribution in [1.82, 2.24) is 0 Å². The lowest BCUT2D eigenvalue weighted by Gasteiger charge is -2.02. The van der Waals surface area contributed by atoms with E-state index < -0.39 is 9.84 Å². The van der Waals surface area contributed by atoms with E-state index in [4.69, 9.17) is 0 Å². The molecule has 0 heterocycles. The van der Waals surface area contributed by atoms with Crippen LogP contribution in [0.3, 0.4) is 0 Å². The van der Waals surface area contributed by atoms with Gasteiger partial charge in [-0.05, 0) is 25.5 Å². The van der Waals surface area contributed by atoms with Gasteiger partial charge in [0.25, 0.3) is 0 Å². The molecule has 0 radical (unpaired) electrons. The van der Waals surface area contributed by atoms with Gasteiger partial charge in [-0.25, -0.2) is 8.42 Å². The maximum absolute atomic E-state index is 11.9. The van der Waals surface area contributed by atoms with Gasteiger partial charge in [0.15, 0.2) is 9.84 Å². The molecule has 0 unspecified atom stereocenters. The van der Waals surface area contributed by atoms with Crippen LogP contribution in [0.2, 0.25) is 0 Å². The molecule has 0 saturated heterocycles. The summed E-state index contributed by atoms with van der Waals surface area (Å²) in [5, 5.41) is 0. The number of sulfone groups is 1. The van der Waals surface area contributed by atoms with Gasteiger partial charge in [-0.1, -0.05) is 43.2 Å². The number of rotatable bonds is 5. The summed E-state index contributed by atoms with van der Waals surface area (Å²) in [6.45, 7) is 4.06. The first-order valence-electron chi connectivity index (χ1n) is 5.49. The number of allylic oxidation sites excluding steroid dienone is 1. The smallest absolute Gasteiger partial charge is 0.181 e. The molecule has 0 N–H and O–H groups in total. The van der Waals surface area contributed by atoms with Gasteiger partial charge in [-0.15, -0.1) is 0 Å². The first-order chi connectivity index (χ1) is 7.56. The van der Waals surface area contributed by atoms with Crippen LogP contribution in [0.25, 0.3) is 0 Å². The zero-order valence-corrected chi connectivity index (χ0v) is 10.6. The Labute approximate surface area is 97.9 Å². The van der Waals surface area contributed by atoms with Gasteiger partial charge < -0.3 is 0 Å². The molecule has 16 heavy (non-hydrogen) atoms. The topological polar surface area (TPSA) is 34.1 Å². The quantitative estimate of drug-likeness (QED) is 0.738. The second-order valence-corrected chi connectivity index (χ2v) is 5.93. The Kier molecular flexibility index (Phi) is 4.74. The summed E-state index contributed by atoms with van der Waals surface area (Å²) in [6.07, 6.45) is 3.82. The van der Waals surface area contributed by atoms with Gasteiger partial charge in [0, 0.05) is 0 Å². The average molecular weight is 238 g/mol. The fraction of sp³-hybridized carbons (Fsp3) is 0.385. The summed E-state index contributed by atoms with van der Waals surface area (Å²) < 4.78 is 23.8. The Balaban J connectivity index is 2.78. The molecule has 3 heteroatoms. The van der Waals surface area contributed by atoms with E-state index in [0.29, 0.717) is 4.90 Å². The van der Waals surface area contributed by atoms with E-state index >= 15 is 0 Å². The molecule has 0 aromatic heterocycles. The van der Waals surface area contributed by atoms with Crippen molar-refractivity contribution in [2.24, 2.45) is 0 Å². The van der Waals surface area contributed by atoms with Crippen molar-refractivity contribution >= 4 is 9.84 Å². The van der Waals surface area contributed by atoms with Crippen LogP contribution in [0.15, 0.2) is 46.9 Å². The molecule has 0 amide bonds. The van der Waals surface area contributed by atoms with Gasteiger partial charge in [-0.3, -0.25) is 0 Å². The zero-order chi connectivity index (χ0) is 12.0. The van der Waals surface area contributed by atoms with E-state index in [1.54, 1.807) is 24.3 Å². The van der Waals surface area contributed by atoms with E-state index in [-0.39, 0.29) is 5.75 Å². The molecule has 0 aliphatic carbocycles. The van der Waals surface area contributed by atoms with Crippen LogP contribution < -0.4 is 0 Å². The first-order valence-corrected chi connectivity index (χ1v) is 7.15. The predicted octanol–water partition coefficient (Wildman–Crippen LogP) is 3.21. The Bertz CT molecular complexity index is 444. The molecular formula is C13H18O2S. The molecular weight excluding hydrogens is 220 g/mol. The lowest BCUT2D eigenvalue weighted by atomic mass is 10.2. The molecule has 88 valence electrons. The number of benzene rings is 1. The van der Waals surface area contributed by atoms with Crippen LogP contribution in [-0.2, 0) is 9.84 Å². The van der Waals surface area contributed by atoms with Gasteiger partial charge in [0.2, 0.25) is 0 Å². The Hall–Kier alpha value is -1.09. The van der Waals surface area contributed by atoms with E-state index in [1.165, 1.54) is 0 Å². The van der Waals surface area contributed by atoms with Crippen molar-refractivity contribution in [2.45, 2.75) is 31.6 Å². The molecule has 0 fully saturated rings. The molecule has 0 aliphatic heterocycles. The normalized spacial score (nSPS) is 12.8. The highest BCUT2D eigenvalue weighted by molar-refractivity contribution is 7.91. The summed E-state index contributed by atoms with van der Waals surface area (Å²) in [5.41, 5.74) is 1.14. The van der Waals surface area contributed by atoms with Crippen LogP contribution in [-0.4, -0.2) is 14.2 Å². The fourth-order valence-corrected chi connectivity index (χ4v) is 2.74. The van der Waals surface area contributed by atoms with E-state index in [0.717, 1.165) is 18.4 Å². The van der Waals surface area contributed by atoms with Gasteiger partial charge in [-0.2, -0.15) is 0 Å². The van der Waals surface area contributed by atoms with Crippen molar-refractivity contribution in [1.29, 1.82) is 0 Å². The first kappa shape index (κ1) is 13.0. The van der Waals surface area contributed by atoms with Crippen LogP contribution in [0.4, 0.5) is 0 Å². The zero-order valence-electron chi connectivity index (χ0n) is 9.81. The van der Waals surface area contributed by atoms with Crippen LogP contribution >= 0.6 is 0 Å². The molecule has 0 bridgehead atoms. The van der Waals surface area contributed by atoms with Crippen LogP contribution in [0.5, 0.6) is 0 Å². The molecule has 0 aliphatic rings.